The molecule has 1 unspecified atom stereocenters. The third-order valence-corrected chi connectivity index (χ3v) is 3.94. The van der Waals surface area contributed by atoms with Crippen molar-refractivity contribution in [3.8, 4) is 0 Å². The van der Waals surface area contributed by atoms with Crippen LogP contribution in [-0.2, 0) is 0 Å². The maximum absolute atomic E-state index is 4.68. The molecular formula is C14H22N4. The van der Waals surface area contributed by atoms with Crippen LogP contribution in [0.2, 0.25) is 0 Å². The van der Waals surface area contributed by atoms with Gasteiger partial charge in [0.15, 0.2) is 0 Å². The van der Waals surface area contributed by atoms with Crippen molar-refractivity contribution >= 4 is 11.8 Å². The first-order valence-electron chi connectivity index (χ1n) is 7.23. The summed E-state index contributed by atoms with van der Waals surface area (Å²) in [7, 11) is 0. The number of nitrogens with one attached hydrogen (secondary N) is 1. The molecule has 3 rings (SSSR count). The minimum Gasteiger partial charge on any atom is -0.353 e. The Morgan fingerprint density at radius 2 is 2.22 bits per heavy atom. The van der Waals surface area contributed by atoms with E-state index in [4.69, 9.17) is 0 Å². The highest BCUT2D eigenvalue weighted by Gasteiger charge is 2.24. The summed E-state index contributed by atoms with van der Waals surface area (Å²) >= 11 is 0. The molecule has 1 saturated carbocycles. The standard InChI is InChI=1S/C14H22N4/c1-2-12-5-3-4-10-18(12)13-8-9-15-14(17-13)16-11-6-7-11/h8-9,11-12H,2-7,10H2,1H3,(H,15,16,17). The Morgan fingerprint density at radius 1 is 1.33 bits per heavy atom. The fraction of sp³-hybridized carbons (Fsp3) is 0.714. The molecule has 4 nitrogen and oxygen atoms in total. The summed E-state index contributed by atoms with van der Waals surface area (Å²) in [6, 6.07) is 3.32. The van der Waals surface area contributed by atoms with Crippen LogP contribution in [0.15, 0.2) is 12.3 Å². The van der Waals surface area contributed by atoms with Crippen LogP contribution < -0.4 is 10.2 Å². The summed E-state index contributed by atoms with van der Waals surface area (Å²) in [4.78, 5) is 11.5. The molecule has 2 fully saturated rings. The Bertz CT molecular complexity index is 403. The molecule has 0 amide bonds. The molecule has 0 radical (unpaired) electrons. The van der Waals surface area contributed by atoms with E-state index in [2.05, 4.69) is 27.1 Å². The lowest BCUT2D eigenvalue weighted by Gasteiger charge is -2.36. The normalized spacial score (nSPS) is 24.1. The molecule has 1 atom stereocenters. The van der Waals surface area contributed by atoms with Crippen molar-refractivity contribution in [2.24, 2.45) is 0 Å². The van der Waals surface area contributed by atoms with E-state index in [-0.39, 0.29) is 0 Å². The number of hydrogen-bond donors (Lipinski definition) is 1. The Kier molecular flexibility index (Phi) is 3.35. The van der Waals surface area contributed by atoms with Crippen molar-refractivity contribution in [3.63, 3.8) is 0 Å². The molecule has 4 heteroatoms. The summed E-state index contributed by atoms with van der Waals surface area (Å²) < 4.78 is 0. The molecule has 0 spiro atoms. The van der Waals surface area contributed by atoms with Gasteiger partial charge in [0.2, 0.25) is 5.95 Å². The summed E-state index contributed by atoms with van der Waals surface area (Å²) in [5.41, 5.74) is 0. The molecular weight excluding hydrogens is 224 g/mol. The molecule has 18 heavy (non-hydrogen) atoms. The third kappa shape index (κ3) is 2.57. The average Bonchev–Trinajstić information content (AvgIpc) is 3.23. The highest BCUT2D eigenvalue weighted by Crippen LogP contribution is 2.27. The maximum atomic E-state index is 4.68. The van der Waals surface area contributed by atoms with Crippen molar-refractivity contribution in [2.45, 2.75) is 57.5 Å². The van der Waals surface area contributed by atoms with Crippen LogP contribution in [0.1, 0.15) is 45.4 Å². The highest BCUT2D eigenvalue weighted by atomic mass is 15.3. The number of rotatable bonds is 4. The predicted molar refractivity (Wildman–Crippen MR) is 74.0 cm³/mol. The van der Waals surface area contributed by atoms with Gasteiger partial charge in [0.1, 0.15) is 5.82 Å². The Labute approximate surface area is 109 Å². The summed E-state index contributed by atoms with van der Waals surface area (Å²) in [5, 5.41) is 3.38. The van der Waals surface area contributed by atoms with E-state index in [1.165, 1.54) is 38.5 Å². The van der Waals surface area contributed by atoms with Gasteiger partial charge in [0.05, 0.1) is 0 Å². The molecule has 0 aromatic carbocycles. The van der Waals surface area contributed by atoms with E-state index >= 15 is 0 Å². The van der Waals surface area contributed by atoms with Crippen molar-refractivity contribution in [3.05, 3.63) is 12.3 Å². The second-order valence-electron chi connectivity index (χ2n) is 5.41. The van der Waals surface area contributed by atoms with E-state index < -0.39 is 0 Å². The first kappa shape index (κ1) is 11.8. The van der Waals surface area contributed by atoms with Gasteiger partial charge in [-0.3, -0.25) is 0 Å². The Balaban J connectivity index is 1.76. The molecule has 1 aromatic rings. The molecule has 2 aliphatic rings. The SMILES string of the molecule is CCC1CCCCN1c1ccnc(NC2CC2)n1. The third-order valence-electron chi connectivity index (χ3n) is 3.94. The number of anilines is 2. The fourth-order valence-electron chi connectivity index (χ4n) is 2.72. The first-order valence-corrected chi connectivity index (χ1v) is 7.23. The number of nitrogens with zero attached hydrogens (tertiary/aromatic N) is 3. The molecule has 1 aliphatic heterocycles. The average molecular weight is 246 g/mol. The zero-order valence-electron chi connectivity index (χ0n) is 11.1. The summed E-state index contributed by atoms with van der Waals surface area (Å²) in [5.74, 6) is 1.90. The van der Waals surface area contributed by atoms with Gasteiger partial charge in [-0.1, -0.05) is 6.92 Å². The maximum Gasteiger partial charge on any atom is 0.224 e. The van der Waals surface area contributed by atoms with Crippen molar-refractivity contribution in [1.29, 1.82) is 0 Å². The lowest BCUT2D eigenvalue weighted by atomic mass is 10.0. The number of piperidine rings is 1. The second kappa shape index (κ2) is 5.12. The van der Waals surface area contributed by atoms with E-state index in [1.807, 2.05) is 12.3 Å². The lowest BCUT2D eigenvalue weighted by molar-refractivity contribution is 0.447. The zero-order chi connectivity index (χ0) is 12.4. The molecule has 1 N–H and O–H groups in total. The van der Waals surface area contributed by atoms with Crippen molar-refractivity contribution in [1.82, 2.24) is 9.97 Å². The molecule has 98 valence electrons. The summed E-state index contributed by atoms with van der Waals surface area (Å²) in [6.07, 6.45) is 9.54. The monoisotopic (exact) mass is 246 g/mol. The second-order valence-corrected chi connectivity index (χ2v) is 5.41. The minimum atomic E-state index is 0.614. The van der Waals surface area contributed by atoms with E-state index in [0.717, 1.165) is 18.3 Å². The van der Waals surface area contributed by atoms with Gasteiger partial charge in [-0.25, -0.2) is 4.98 Å². The number of hydrogen-bond acceptors (Lipinski definition) is 4. The predicted octanol–water partition coefficient (Wildman–Crippen LogP) is 2.82. The van der Waals surface area contributed by atoms with Gasteiger partial charge < -0.3 is 10.2 Å². The fourth-order valence-corrected chi connectivity index (χ4v) is 2.72. The van der Waals surface area contributed by atoms with Crippen LogP contribution >= 0.6 is 0 Å². The van der Waals surface area contributed by atoms with Crippen molar-refractivity contribution in [2.75, 3.05) is 16.8 Å². The van der Waals surface area contributed by atoms with Gasteiger partial charge in [-0.15, -0.1) is 0 Å². The summed E-state index contributed by atoms with van der Waals surface area (Å²) in [6.45, 7) is 3.41. The van der Waals surface area contributed by atoms with Crippen molar-refractivity contribution < 1.29 is 0 Å². The van der Waals surface area contributed by atoms with Gasteiger partial charge >= 0.3 is 0 Å². The molecule has 2 heterocycles. The van der Waals surface area contributed by atoms with Gasteiger partial charge in [0, 0.05) is 24.8 Å². The Morgan fingerprint density at radius 3 is 3.00 bits per heavy atom. The van der Waals surface area contributed by atoms with E-state index in [0.29, 0.717) is 12.1 Å². The van der Waals surface area contributed by atoms with Crippen LogP contribution in [0.5, 0.6) is 0 Å². The van der Waals surface area contributed by atoms with Crippen LogP contribution in [0, 0.1) is 0 Å². The number of aromatic nitrogens is 2. The van der Waals surface area contributed by atoms with Crippen LogP contribution in [0.4, 0.5) is 11.8 Å². The minimum absolute atomic E-state index is 0.614. The van der Waals surface area contributed by atoms with E-state index in [9.17, 15) is 0 Å². The highest BCUT2D eigenvalue weighted by molar-refractivity contribution is 5.44. The lowest BCUT2D eigenvalue weighted by Crippen LogP contribution is -2.39. The largest absolute Gasteiger partial charge is 0.353 e. The molecule has 1 aromatic heterocycles. The van der Waals surface area contributed by atoms with Gasteiger partial charge in [-0.2, -0.15) is 4.98 Å². The Hall–Kier alpha value is -1.32. The quantitative estimate of drug-likeness (QED) is 0.887. The molecule has 1 aliphatic carbocycles. The van der Waals surface area contributed by atoms with Crippen LogP contribution in [0.25, 0.3) is 0 Å². The first-order chi connectivity index (χ1) is 8.86. The smallest absolute Gasteiger partial charge is 0.224 e. The van der Waals surface area contributed by atoms with E-state index in [1.54, 1.807) is 0 Å². The van der Waals surface area contributed by atoms with Gasteiger partial charge in [-0.05, 0) is 44.6 Å². The topological polar surface area (TPSA) is 41.1 Å². The molecule has 1 saturated heterocycles. The van der Waals surface area contributed by atoms with Gasteiger partial charge in [0.25, 0.3) is 0 Å². The molecule has 0 bridgehead atoms. The van der Waals surface area contributed by atoms with Crippen LogP contribution in [-0.4, -0.2) is 28.6 Å². The zero-order valence-corrected chi connectivity index (χ0v) is 11.1. The van der Waals surface area contributed by atoms with Crippen LogP contribution in [0.3, 0.4) is 0 Å².